The minimum Gasteiger partial charge on any atom is -0.371 e. The molecule has 0 N–H and O–H groups in total. The van der Waals surface area contributed by atoms with Gasteiger partial charge in [0.05, 0.1) is 0 Å². The van der Waals surface area contributed by atoms with Crippen LogP contribution < -0.4 is 4.90 Å². The van der Waals surface area contributed by atoms with Crippen molar-refractivity contribution in [2.45, 2.75) is 19.8 Å². The number of nitrogens with zero attached hydrogens (tertiary/aromatic N) is 1. The number of piperidine rings is 1. The van der Waals surface area contributed by atoms with Crippen molar-refractivity contribution in [1.82, 2.24) is 0 Å². The fourth-order valence-electron chi connectivity index (χ4n) is 2.12. The Balaban J connectivity index is 2.11. The van der Waals surface area contributed by atoms with Crippen molar-refractivity contribution in [2.75, 3.05) is 18.0 Å². The zero-order valence-electron chi connectivity index (χ0n) is 9.45. The monoisotopic (exact) mass is 201 g/mol. The standard InChI is InChI=1S/C14H19N/c1-3-13-5-4-6-14(11-13)15-9-7-12(2)8-10-15/h3-6,11-12H,1,7-10H2,2H3. The van der Waals surface area contributed by atoms with Crippen LogP contribution in [-0.2, 0) is 0 Å². The maximum atomic E-state index is 3.81. The summed E-state index contributed by atoms with van der Waals surface area (Å²) in [5.74, 6) is 0.892. The van der Waals surface area contributed by atoms with Crippen molar-refractivity contribution >= 4 is 11.8 Å². The van der Waals surface area contributed by atoms with E-state index in [1.165, 1.54) is 37.2 Å². The predicted octanol–water partition coefficient (Wildman–Crippen LogP) is 3.57. The SMILES string of the molecule is C=Cc1cccc(N2CCC(C)CC2)c1. The molecule has 0 spiro atoms. The molecule has 1 saturated heterocycles. The van der Waals surface area contributed by atoms with Gasteiger partial charge in [-0.3, -0.25) is 0 Å². The van der Waals surface area contributed by atoms with Crippen molar-refractivity contribution in [3.8, 4) is 0 Å². The van der Waals surface area contributed by atoms with Crippen LogP contribution >= 0.6 is 0 Å². The molecule has 1 aliphatic rings. The van der Waals surface area contributed by atoms with Gasteiger partial charge >= 0.3 is 0 Å². The Bertz CT molecular complexity index is 335. The van der Waals surface area contributed by atoms with Crippen LogP contribution in [0.15, 0.2) is 30.8 Å². The third-order valence-electron chi connectivity index (χ3n) is 3.25. The molecule has 0 saturated carbocycles. The highest BCUT2D eigenvalue weighted by Crippen LogP contribution is 2.23. The topological polar surface area (TPSA) is 3.24 Å². The van der Waals surface area contributed by atoms with Gasteiger partial charge in [0.1, 0.15) is 0 Å². The summed E-state index contributed by atoms with van der Waals surface area (Å²) >= 11 is 0. The summed E-state index contributed by atoms with van der Waals surface area (Å²) in [6.45, 7) is 8.55. The van der Waals surface area contributed by atoms with E-state index < -0.39 is 0 Å². The van der Waals surface area contributed by atoms with Gasteiger partial charge in [0.2, 0.25) is 0 Å². The average molecular weight is 201 g/mol. The molecule has 0 atom stereocenters. The largest absolute Gasteiger partial charge is 0.371 e. The maximum absolute atomic E-state index is 3.81. The van der Waals surface area contributed by atoms with E-state index in [1.807, 2.05) is 6.08 Å². The van der Waals surface area contributed by atoms with E-state index in [0.717, 1.165) is 5.92 Å². The van der Waals surface area contributed by atoms with Crippen LogP contribution in [0, 0.1) is 5.92 Å². The van der Waals surface area contributed by atoms with Crippen molar-refractivity contribution in [3.05, 3.63) is 36.4 Å². The summed E-state index contributed by atoms with van der Waals surface area (Å²) in [5, 5.41) is 0. The zero-order chi connectivity index (χ0) is 10.7. The van der Waals surface area contributed by atoms with Crippen molar-refractivity contribution in [1.29, 1.82) is 0 Å². The summed E-state index contributed by atoms with van der Waals surface area (Å²) in [7, 11) is 0. The first kappa shape index (κ1) is 10.3. The van der Waals surface area contributed by atoms with Gasteiger partial charge in [0.15, 0.2) is 0 Å². The maximum Gasteiger partial charge on any atom is 0.0372 e. The molecule has 0 bridgehead atoms. The molecule has 0 aromatic heterocycles. The summed E-state index contributed by atoms with van der Waals surface area (Å²) < 4.78 is 0. The van der Waals surface area contributed by atoms with Gasteiger partial charge in [0.25, 0.3) is 0 Å². The van der Waals surface area contributed by atoms with Gasteiger partial charge in [-0.1, -0.05) is 31.7 Å². The number of benzene rings is 1. The lowest BCUT2D eigenvalue weighted by atomic mass is 9.98. The zero-order valence-corrected chi connectivity index (χ0v) is 9.45. The summed E-state index contributed by atoms with van der Waals surface area (Å²) in [6.07, 6.45) is 4.55. The van der Waals surface area contributed by atoms with Crippen LogP contribution in [0.4, 0.5) is 5.69 Å². The second-order valence-electron chi connectivity index (χ2n) is 4.47. The van der Waals surface area contributed by atoms with E-state index in [0.29, 0.717) is 0 Å². The molecule has 0 aliphatic carbocycles. The quantitative estimate of drug-likeness (QED) is 0.707. The van der Waals surface area contributed by atoms with Gasteiger partial charge in [-0.25, -0.2) is 0 Å². The lowest BCUT2D eigenvalue weighted by Crippen LogP contribution is -2.32. The molecule has 15 heavy (non-hydrogen) atoms. The Morgan fingerprint density at radius 1 is 1.33 bits per heavy atom. The molecule has 1 heteroatoms. The molecule has 1 aliphatic heterocycles. The third-order valence-corrected chi connectivity index (χ3v) is 3.25. The van der Waals surface area contributed by atoms with Crippen LogP contribution in [0.5, 0.6) is 0 Å². The number of anilines is 1. The van der Waals surface area contributed by atoms with Crippen LogP contribution in [0.3, 0.4) is 0 Å². The molecule has 2 rings (SSSR count). The first-order chi connectivity index (χ1) is 7.29. The van der Waals surface area contributed by atoms with E-state index in [9.17, 15) is 0 Å². The van der Waals surface area contributed by atoms with Gasteiger partial charge in [-0.15, -0.1) is 0 Å². The number of hydrogen-bond donors (Lipinski definition) is 0. The summed E-state index contributed by atoms with van der Waals surface area (Å²) in [6, 6.07) is 8.64. The Hall–Kier alpha value is -1.24. The molecular weight excluding hydrogens is 182 g/mol. The first-order valence-corrected chi connectivity index (χ1v) is 5.77. The summed E-state index contributed by atoms with van der Waals surface area (Å²) in [5.41, 5.74) is 2.56. The Morgan fingerprint density at radius 2 is 2.07 bits per heavy atom. The number of rotatable bonds is 2. The van der Waals surface area contributed by atoms with E-state index in [-0.39, 0.29) is 0 Å². The van der Waals surface area contributed by atoms with Crippen molar-refractivity contribution in [2.24, 2.45) is 5.92 Å². The predicted molar refractivity (Wildman–Crippen MR) is 67.1 cm³/mol. The van der Waals surface area contributed by atoms with Crippen LogP contribution in [0.25, 0.3) is 6.08 Å². The molecule has 1 fully saturated rings. The highest BCUT2D eigenvalue weighted by atomic mass is 15.1. The Morgan fingerprint density at radius 3 is 2.73 bits per heavy atom. The summed E-state index contributed by atoms with van der Waals surface area (Å²) in [4.78, 5) is 2.48. The smallest absolute Gasteiger partial charge is 0.0372 e. The van der Waals surface area contributed by atoms with Gasteiger partial charge in [-0.2, -0.15) is 0 Å². The molecule has 0 unspecified atom stereocenters. The Kier molecular flexibility index (Phi) is 3.10. The van der Waals surface area contributed by atoms with E-state index in [1.54, 1.807) is 0 Å². The van der Waals surface area contributed by atoms with Gasteiger partial charge < -0.3 is 4.90 Å². The van der Waals surface area contributed by atoms with E-state index >= 15 is 0 Å². The normalized spacial score (nSPS) is 17.8. The molecular formula is C14H19N. The highest BCUT2D eigenvalue weighted by molar-refractivity contribution is 5.57. The average Bonchev–Trinajstić information content (AvgIpc) is 2.30. The van der Waals surface area contributed by atoms with E-state index in [4.69, 9.17) is 0 Å². The fraction of sp³-hybridized carbons (Fsp3) is 0.429. The second-order valence-corrected chi connectivity index (χ2v) is 4.47. The minimum atomic E-state index is 0.892. The lowest BCUT2D eigenvalue weighted by Gasteiger charge is -2.32. The fourth-order valence-corrected chi connectivity index (χ4v) is 2.12. The van der Waals surface area contributed by atoms with Crippen LogP contribution in [-0.4, -0.2) is 13.1 Å². The molecule has 1 aromatic carbocycles. The van der Waals surface area contributed by atoms with Gasteiger partial charge in [-0.05, 0) is 36.5 Å². The van der Waals surface area contributed by atoms with E-state index in [2.05, 4.69) is 42.7 Å². The first-order valence-electron chi connectivity index (χ1n) is 5.77. The highest BCUT2D eigenvalue weighted by Gasteiger charge is 2.15. The minimum absolute atomic E-state index is 0.892. The third kappa shape index (κ3) is 2.41. The molecule has 1 nitrogen and oxygen atoms in total. The molecule has 0 radical (unpaired) electrons. The van der Waals surface area contributed by atoms with Gasteiger partial charge in [0, 0.05) is 18.8 Å². The molecule has 1 aromatic rings. The van der Waals surface area contributed by atoms with Crippen molar-refractivity contribution < 1.29 is 0 Å². The van der Waals surface area contributed by atoms with Crippen molar-refractivity contribution in [3.63, 3.8) is 0 Å². The van der Waals surface area contributed by atoms with Crippen LogP contribution in [0.2, 0.25) is 0 Å². The second kappa shape index (κ2) is 4.52. The molecule has 1 heterocycles. The number of hydrogen-bond acceptors (Lipinski definition) is 1. The lowest BCUT2D eigenvalue weighted by molar-refractivity contribution is 0.438. The molecule has 0 amide bonds. The van der Waals surface area contributed by atoms with Crippen LogP contribution in [0.1, 0.15) is 25.3 Å². The Labute approximate surface area is 92.4 Å². The molecule has 80 valence electrons.